The lowest BCUT2D eigenvalue weighted by Gasteiger charge is -2.41. The third kappa shape index (κ3) is 3.73. The summed E-state index contributed by atoms with van der Waals surface area (Å²) >= 11 is 0. The summed E-state index contributed by atoms with van der Waals surface area (Å²) in [6, 6.07) is 15.1. The topological polar surface area (TPSA) is 34.2 Å². The van der Waals surface area contributed by atoms with Crippen LogP contribution >= 0.6 is 0 Å². The molecule has 0 unspecified atom stereocenters. The number of rotatable bonds is 6. The highest BCUT2D eigenvalue weighted by molar-refractivity contribution is 5.55. The van der Waals surface area contributed by atoms with E-state index in [2.05, 4.69) is 53.1 Å². The molecular weight excluding hydrogens is 328 g/mol. The molecule has 1 aliphatic heterocycles. The van der Waals surface area contributed by atoms with Gasteiger partial charge in [-0.3, -0.25) is 4.90 Å². The first-order valence-electron chi connectivity index (χ1n) is 8.99. The maximum atomic E-state index is 5.64. The van der Waals surface area contributed by atoms with Gasteiger partial charge in [-0.05, 0) is 25.1 Å². The molecule has 1 atom stereocenters. The van der Waals surface area contributed by atoms with E-state index < -0.39 is 0 Å². The number of ether oxygens (including phenoxy) is 3. The molecule has 1 heterocycles. The maximum absolute atomic E-state index is 5.64. The number of piperazine rings is 1. The van der Waals surface area contributed by atoms with Crippen molar-refractivity contribution in [3.63, 3.8) is 0 Å². The van der Waals surface area contributed by atoms with Gasteiger partial charge in [0.1, 0.15) is 0 Å². The van der Waals surface area contributed by atoms with E-state index in [9.17, 15) is 0 Å². The number of benzene rings is 2. The highest BCUT2D eigenvalue weighted by atomic mass is 16.5. The molecule has 5 nitrogen and oxygen atoms in total. The summed E-state index contributed by atoms with van der Waals surface area (Å²) in [4.78, 5) is 4.94. The molecule has 0 aromatic heterocycles. The van der Waals surface area contributed by atoms with Crippen LogP contribution in [0.25, 0.3) is 0 Å². The van der Waals surface area contributed by atoms with Crippen LogP contribution in [-0.4, -0.2) is 51.9 Å². The van der Waals surface area contributed by atoms with Crippen molar-refractivity contribution < 1.29 is 14.2 Å². The third-order valence-electron chi connectivity index (χ3n) is 5.05. The number of hydrogen-bond acceptors (Lipinski definition) is 5. The molecule has 1 aliphatic rings. The van der Waals surface area contributed by atoms with E-state index in [-0.39, 0.29) is 0 Å². The Labute approximate surface area is 156 Å². The predicted octanol–water partition coefficient (Wildman–Crippen LogP) is 3.42. The van der Waals surface area contributed by atoms with E-state index in [1.54, 1.807) is 21.3 Å². The lowest BCUT2D eigenvalue weighted by molar-refractivity contribution is 0.178. The standard InChI is InChI=1S/C21H28N2O3/c1-16-14-23(18-8-6-5-7-9-18)13-12-22(16)15-17-10-11-19(24-2)21(26-4)20(17)25-3/h5-11,16H,12-15H2,1-4H3/t16-/m1/s1. The van der Waals surface area contributed by atoms with E-state index in [1.807, 2.05) is 6.07 Å². The smallest absolute Gasteiger partial charge is 0.203 e. The van der Waals surface area contributed by atoms with Crippen molar-refractivity contribution in [2.45, 2.75) is 19.5 Å². The molecule has 1 saturated heterocycles. The predicted molar refractivity (Wildman–Crippen MR) is 105 cm³/mol. The van der Waals surface area contributed by atoms with Crippen LogP contribution < -0.4 is 19.1 Å². The Morgan fingerprint density at radius 3 is 2.23 bits per heavy atom. The van der Waals surface area contributed by atoms with Crippen molar-refractivity contribution in [3.8, 4) is 17.2 Å². The third-order valence-corrected chi connectivity index (χ3v) is 5.05. The molecule has 2 aromatic rings. The lowest BCUT2D eigenvalue weighted by Crippen LogP contribution is -2.51. The highest BCUT2D eigenvalue weighted by Gasteiger charge is 2.26. The summed E-state index contributed by atoms with van der Waals surface area (Å²) in [7, 11) is 4.96. The van der Waals surface area contributed by atoms with Gasteiger partial charge in [-0.2, -0.15) is 0 Å². The van der Waals surface area contributed by atoms with E-state index in [0.29, 0.717) is 17.5 Å². The first kappa shape index (κ1) is 18.4. The van der Waals surface area contributed by atoms with E-state index in [0.717, 1.165) is 37.5 Å². The van der Waals surface area contributed by atoms with Crippen molar-refractivity contribution in [2.24, 2.45) is 0 Å². The van der Waals surface area contributed by atoms with Gasteiger partial charge in [-0.15, -0.1) is 0 Å². The second-order valence-electron chi connectivity index (χ2n) is 6.59. The zero-order valence-corrected chi connectivity index (χ0v) is 16.1. The van der Waals surface area contributed by atoms with E-state index in [4.69, 9.17) is 14.2 Å². The summed E-state index contributed by atoms with van der Waals surface area (Å²) in [5.41, 5.74) is 2.41. The minimum Gasteiger partial charge on any atom is -0.493 e. The Morgan fingerprint density at radius 1 is 0.885 bits per heavy atom. The summed E-state index contributed by atoms with van der Waals surface area (Å²) < 4.78 is 16.5. The monoisotopic (exact) mass is 356 g/mol. The van der Waals surface area contributed by atoms with E-state index in [1.165, 1.54) is 5.69 Å². The van der Waals surface area contributed by atoms with Crippen molar-refractivity contribution in [3.05, 3.63) is 48.0 Å². The quantitative estimate of drug-likeness (QED) is 0.792. The minimum atomic E-state index is 0.446. The molecule has 0 spiro atoms. The first-order chi connectivity index (χ1) is 12.7. The fraction of sp³-hybridized carbons (Fsp3) is 0.429. The number of hydrogen-bond donors (Lipinski definition) is 0. The molecule has 0 aliphatic carbocycles. The Hall–Kier alpha value is -2.40. The van der Waals surface area contributed by atoms with Gasteiger partial charge in [0.05, 0.1) is 21.3 Å². The van der Waals surface area contributed by atoms with Crippen LogP contribution in [0.15, 0.2) is 42.5 Å². The van der Waals surface area contributed by atoms with Gasteiger partial charge < -0.3 is 19.1 Å². The lowest BCUT2D eigenvalue weighted by atomic mass is 10.1. The number of para-hydroxylation sites is 1. The summed E-state index contributed by atoms with van der Waals surface area (Å²) in [5, 5.41) is 0. The molecule has 5 heteroatoms. The molecule has 0 radical (unpaired) electrons. The number of nitrogens with zero attached hydrogens (tertiary/aromatic N) is 2. The summed E-state index contributed by atoms with van der Waals surface area (Å²) in [6.07, 6.45) is 0. The van der Waals surface area contributed by atoms with Gasteiger partial charge in [0.2, 0.25) is 5.75 Å². The zero-order valence-electron chi connectivity index (χ0n) is 16.1. The van der Waals surface area contributed by atoms with Gasteiger partial charge in [0.15, 0.2) is 11.5 Å². The Morgan fingerprint density at radius 2 is 1.62 bits per heavy atom. The van der Waals surface area contributed by atoms with Crippen LogP contribution in [0, 0.1) is 0 Å². The summed E-state index contributed by atoms with van der Waals surface area (Å²) in [5.74, 6) is 2.10. The molecule has 26 heavy (non-hydrogen) atoms. The van der Waals surface area contributed by atoms with Crippen molar-refractivity contribution in [2.75, 3.05) is 45.9 Å². The zero-order chi connectivity index (χ0) is 18.5. The molecule has 1 fully saturated rings. The van der Waals surface area contributed by atoms with Gasteiger partial charge in [0.25, 0.3) is 0 Å². The molecule has 0 amide bonds. The van der Waals surface area contributed by atoms with Crippen molar-refractivity contribution in [1.29, 1.82) is 0 Å². The maximum Gasteiger partial charge on any atom is 0.203 e. The molecule has 140 valence electrons. The van der Waals surface area contributed by atoms with Crippen LogP contribution in [-0.2, 0) is 6.54 Å². The van der Waals surface area contributed by atoms with Crippen molar-refractivity contribution in [1.82, 2.24) is 4.90 Å². The van der Waals surface area contributed by atoms with Gasteiger partial charge >= 0.3 is 0 Å². The van der Waals surface area contributed by atoms with Crippen LogP contribution in [0.2, 0.25) is 0 Å². The summed E-state index contributed by atoms with van der Waals surface area (Å²) in [6.45, 7) is 6.15. The van der Waals surface area contributed by atoms with Crippen LogP contribution in [0.5, 0.6) is 17.2 Å². The number of anilines is 1. The Kier molecular flexibility index (Phi) is 5.89. The first-order valence-corrected chi connectivity index (χ1v) is 8.99. The largest absolute Gasteiger partial charge is 0.493 e. The molecule has 0 bridgehead atoms. The van der Waals surface area contributed by atoms with Gasteiger partial charge in [-0.25, -0.2) is 0 Å². The normalized spacial score (nSPS) is 17.8. The molecule has 3 rings (SSSR count). The van der Waals surface area contributed by atoms with Gasteiger partial charge in [0, 0.05) is 43.5 Å². The molecular formula is C21H28N2O3. The minimum absolute atomic E-state index is 0.446. The van der Waals surface area contributed by atoms with Gasteiger partial charge in [-0.1, -0.05) is 24.3 Å². The Bertz CT molecular complexity index is 721. The van der Waals surface area contributed by atoms with E-state index >= 15 is 0 Å². The van der Waals surface area contributed by atoms with Crippen LogP contribution in [0.1, 0.15) is 12.5 Å². The molecule has 0 saturated carbocycles. The van der Waals surface area contributed by atoms with Crippen LogP contribution in [0.3, 0.4) is 0 Å². The second-order valence-corrected chi connectivity index (χ2v) is 6.59. The molecule has 0 N–H and O–H groups in total. The fourth-order valence-electron chi connectivity index (χ4n) is 3.61. The Balaban J connectivity index is 1.74. The van der Waals surface area contributed by atoms with Crippen molar-refractivity contribution >= 4 is 5.69 Å². The average Bonchev–Trinajstić information content (AvgIpc) is 2.69. The molecule has 2 aromatic carbocycles. The second kappa shape index (κ2) is 8.32. The average molecular weight is 356 g/mol. The SMILES string of the molecule is COc1ccc(CN2CCN(c3ccccc3)C[C@H]2C)c(OC)c1OC. The van der Waals surface area contributed by atoms with Crippen LogP contribution in [0.4, 0.5) is 5.69 Å². The fourth-order valence-corrected chi connectivity index (χ4v) is 3.61. The number of methoxy groups -OCH3 is 3. The highest BCUT2D eigenvalue weighted by Crippen LogP contribution is 2.40.